The number of nitrogens with zero attached hydrogens (tertiary/aromatic N) is 4. The molecule has 1 N–H and O–H groups in total. The van der Waals surface area contributed by atoms with Gasteiger partial charge in [-0.05, 0) is 32.3 Å². The predicted molar refractivity (Wildman–Crippen MR) is 85.1 cm³/mol. The number of aromatic nitrogens is 3. The Balaban J connectivity index is 2.42. The lowest BCUT2D eigenvalue weighted by Crippen LogP contribution is -2.38. The summed E-state index contributed by atoms with van der Waals surface area (Å²) in [6, 6.07) is 2.59. The molecule has 0 spiro atoms. The van der Waals surface area contributed by atoms with E-state index in [2.05, 4.69) is 9.97 Å². The summed E-state index contributed by atoms with van der Waals surface area (Å²) in [6.07, 6.45) is 4.01. The second-order valence-electron chi connectivity index (χ2n) is 6.31. The highest BCUT2D eigenvalue weighted by molar-refractivity contribution is 7.90. The Hall–Kier alpha value is -2.31. The van der Waals surface area contributed by atoms with Crippen molar-refractivity contribution in [1.29, 1.82) is 5.26 Å². The highest BCUT2D eigenvalue weighted by Crippen LogP contribution is 2.39. The summed E-state index contributed by atoms with van der Waals surface area (Å²) in [5.74, 6) is 0. The minimum atomic E-state index is -3.66. The quantitative estimate of drug-likeness (QED) is 0.785. The Morgan fingerprint density at radius 1 is 1.50 bits per heavy atom. The third kappa shape index (κ3) is 2.57. The fourth-order valence-corrected chi connectivity index (χ4v) is 3.69. The van der Waals surface area contributed by atoms with Crippen LogP contribution in [-0.2, 0) is 9.84 Å². The second-order valence-corrected chi connectivity index (χ2v) is 8.22. The van der Waals surface area contributed by atoms with Crippen LogP contribution in [0.3, 0.4) is 0 Å². The van der Waals surface area contributed by atoms with Crippen LogP contribution in [0, 0.1) is 11.3 Å². The fraction of sp³-hybridized carbons (Fsp3) is 0.467. The molecule has 0 radical (unpaired) electrons. The van der Waals surface area contributed by atoms with Crippen LogP contribution in [0.1, 0.15) is 37.8 Å². The van der Waals surface area contributed by atoms with Crippen LogP contribution in [0.4, 0.5) is 0 Å². The van der Waals surface area contributed by atoms with Gasteiger partial charge in [0.1, 0.15) is 17.3 Å². The van der Waals surface area contributed by atoms with Gasteiger partial charge in [-0.15, -0.1) is 0 Å². The fourth-order valence-electron chi connectivity index (χ4n) is 3.19. The largest absolute Gasteiger partial charge is 0.388 e. The van der Waals surface area contributed by atoms with Crippen LogP contribution < -0.4 is 5.56 Å². The Bertz CT molecular complexity index is 1030. The summed E-state index contributed by atoms with van der Waals surface area (Å²) in [6.45, 7) is 1.63. The van der Waals surface area contributed by atoms with Crippen molar-refractivity contribution in [3.63, 3.8) is 0 Å². The molecule has 1 aliphatic carbocycles. The summed E-state index contributed by atoms with van der Waals surface area (Å²) in [4.78, 5) is 20.5. The summed E-state index contributed by atoms with van der Waals surface area (Å²) in [7, 11) is -3.66. The summed E-state index contributed by atoms with van der Waals surface area (Å²) in [5.41, 5.74) is -1.71. The summed E-state index contributed by atoms with van der Waals surface area (Å²) < 4.78 is 24.7. The molecule has 0 aromatic carbocycles. The first-order valence-electron chi connectivity index (χ1n) is 7.40. The molecule has 1 fully saturated rings. The first-order chi connectivity index (χ1) is 11.1. The highest BCUT2D eigenvalue weighted by atomic mass is 32.2. The Morgan fingerprint density at radius 2 is 2.21 bits per heavy atom. The number of hydrogen-bond acceptors (Lipinski definition) is 7. The predicted octanol–water partition coefficient (Wildman–Crippen LogP) is 0.543. The summed E-state index contributed by atoms with van der Waals surface area (Å²) >= 11 is 0. The van der Waals surface area contributed by atoms with E-state index >= 15 is 0 Å². The first-order valence-corrected chi connectivity index (χ1v) is 9.29. The molecule has 8 nitrogen and oxygen atoms in total. The van der Waals surface area contributed by atoms with E-state index in [1.54, 1.807) is 6.92 Å². The van der Waals surface area contributed by atoms with Crippen molar-refractivity contribution in [3.8, 4) is 6.07 Å². The van der Waals surface area contributed by atoms with E-state index in [0.29, 0.717) is 24.6 Å². The monoisotopic (exact) mass is 348 g/mol. The van der Waals surface area contributed by atoms with Crippen molar-refractivity contribution in [2.45, 2.75) is 43.0 Å². The number of aliphatic hydroxyl groups is 1. The number of sulfone groups is 1. The van der Waals surface area contributed by atoms with Crippen molar-refractivity contribution < 1.29 is 13.5 Å². The Labute approximate surface area is 138 Å². The van der Waals surface area contributed by atoms with Crippen LogP contribution in [0.25, 0.3) is 11.0 Å². The molecule has 9 heteroatoms. The van der Waals surface area contributed by atoms with Crippen LogP contribution in [0.5, 0.6) is 0 Å². The number of fused-ring (bicyclic) bond motifs is 1. The van der Waals surface area contributed by atoms with Gasteiger partial charge < -0.3 is 5.11 Å². The van der Waals surface area contributed by atoms with E-state index in [-0.39, 0.29) is 11.2 Å². The van der Waals surface area contributed by atoms with Gasteiger partial charge in [0.25, 0.3) is 5.56 Å². The van der Waals surface area contributed by atoms with Gasteiger partial charge in [0.2, 0.25) is 15.0 Å². The number of hydrogen-bond donors (Lipinski definition) is 1. The third-order valence-corrected chi connectivity index (χ3v) is 5.25. The molecule has 2 aromatic heterocycles. The van der Waals surface area contributed by atoms with E-state index in [4.69, 9.17) is 0 Å². The lowest BCUT2D eigenvalue weighted by Gasteiger charge is -2.28. The van der Waals surface area contributed by atoms with Gasteiger partial charge in [-0.1, -0.05) is 0 Å². The van der Waals surface area contributed by atoms with Crippen molar-refractivity contribution in [2.24, 2.45) is 0 Å². The average molecular weight is 348 g/mol. The van der Waals surface area contributed by atoms with Gasteiger partial charge >= 0.3 is 0 Å². The maximum Gasteiger partial charge on any atom is 0.270 e. The van der Waals surface area contributed by atoms with Crippen molar-refractivity contribution in [1.82, 2.24) is 14.5 Å². The molecule has 24 heavy (non-hydrogen) atoms. The normalized spacial score (nSPS) is 24.2. The molecule has 2 atom stereocenters. The van der Waals surface area contributed by atoms with Crippen LogP contribution in [0.2, 0.25) is 0 Å². The van der Waals surface area contributed by atoms with Gasteiger partial charge in [0.05, 0.1) is 11.6 Å². The zero-order valence-corrected chi connectivity index (χ0v) is 14.0. The molecular weight excluding hydrogens is 332 g/mol. The molecular formula is C15H16N4O4S. The third-order valence-electron chi connectivity index (χ3n) is 4.39. The minimum Gasteiger partial charge on any atom is -0.388 e. The first kappa shape index (κ1) is 16.5. The number of pyridine rings is 1. The molecule has 1 saturated carbocycles. The smallest absolute Gasteiger partial charge is 0.270 e. The topological polar surface area (TPSA) is 126 Å². The van der Waals surface area contributed by atoms with E-state index in [1.807, 2.05) is 6.07 Å². The molecule has 126 valence electrons. The van der Waals surface area contributed by atoms with Gasteiger partial charge in [-0.25, -0.2) is 13.4 Å². The lowest BCUT2D eigenvalue weighted by molar-refractivity contribution is 0.0266. The van der Waals surface area contributed by atoms with Gasteiger partial charge in [-0.3, -0.25) is 9.36 Å². The van der Waals surface area contributed by atoms with E-state index in [9.17, 15) is 23.6 Å². The molecule has 0 saturated heterocycles. The molecule has 0 bridgehead atoms. The van der Waals surface area contributed by atoms with Crippen LogP contribution in [0.15, 0.2) is 22.2 Å². The molecule has 1 aliphatic rings. The molecule has 0 aliphatic heterocycles. The lowest BCUT2D eigenvalue weighted by atomic mass is 9.99. The zero-order valence-electron chi connectivity index (χ0n) is 13.2. The standard InChI is InChI=1S/C15H16N4O4S/c1-15(21)5-3-4-11(15)19-12-10(6-9(7-16)13(19)20)8-17-14(18-12)24(2,22)23/h6,8,11,21H,3-5H2,1-2H3/t11-,15-/m1/s1. The minimum absolute atomic E-state index is 0.0964. The zero-order chi connectivity index (χ0) is 17.7. The molecule has 2 aromatic rings. The molecule has 3 rings (SSSR count). The molecule has 0 unspecified atom stereocenters. The molecule has 2 heterocycles. The second kappa shape index (κ2) is 5.36. The van der Waals surface area contributed by atoms with E-state index in [0.717, 1.165) is 6.26 Å². The van der Waals surface area contributed by atoms with E-state index in [1.165, 1.54) is 16.8 Å². The maximum atomic E-state index is 12.7. The van der Waals surface area contributed by atoms with Crippen LogP contribution >= 0.6 is 0 Å². The van der Waals surface area contributed by atoms with Crippen LogP contribution in [-0.4, -0.2) is 39.9 Å². The number of rotatable bonds is 2. The van der Waals surface area contributed by atoms with E-state index < -0.39 is 32.2 Å². The van der Waals surface area contributed by atoms with Crippen molar-refractivity contribution in [3.05, 3.63) is 28.2 Å². The maximum absolute atomic E-state index is 12.7. The van der Waals surface area contributed by atoms with Gasteiger partial charge in [-0.2, -0.15) is 10.2 Å². The van der Waals surface area contributed by atoms with Gasteiger partial charge in [0, 0.05) is 17.8 Å². The van der Waals surface area contributed by atoms with Crippen molar-refractivity contribution in [2.75, 3.05) is 6.26 Å². The Morgan fingerprint density at radius 3 is 2.75 bits per heavy atom. The SMILES string of the molecule is C[C@@]1(O)CCC[C@H]1n1c(=O)c(C#N)cc2cnc(S(C)(=O)=O)nc21. The highest BCUT2D eigenvalue weighted by Gasteiger charge is 2.40. The van der Waals surface area contributed by atoms with Crippen molar-refractivity contribution >= 4 is 20.9 Å². The number of nitriles is 1. The average Bonchev–Trinajstić information content (AvgIpc) is 2.84. The van der Waals surface area contributed by atoms with Gasteiger partial charge in [0.15, 0.2) is 0 Å². The summed E-state index contributed by atoms with van der Waals surface area (Å²) in [5, 5.41) is 19.8. The molecule has 0 amide bonds. The Kier molecular flexibility index (Phi) is 3.69.